The Bertz CT molecular complexity index is 1030. The molecule has 0 aliphatic heterocycles. The van der Waals surface area contributed by atoms with Gasteiger partial charge in [-0.15, -0.1) is 0 Å². The third kappa shape index (κ3) is 11.7. The predicted molar refractivity (Wildman–Crippen MR) is 147 cm³/mol. The molecule has 0 spiro atoms. The number of phenols is 1. The van der Waals surface area contributed by atoms with Gasteiger partial charge in [0.1, 0.15) is 11.5 Å². The summed E-state index contributed by atoms with van der Waals surface area (Å²) >= 11 is 11.2. The molecule has 35 heavy (non-hydrogen) atoms. The van der Waals surface area contributed by atoms with Gasteiger partial charge in [-0.1, -0.05) is 39.8 Å². The molecule has 0 aliphatic carbocycles. The van der Waals surface area contributed by atoms with E-state index in [0.717, 1.165) is 22.6 Å². The van der Waals surface area contributed by atoms with Gasteiger partial charge in [0.15, 0.2) is 0 Å². The summed E-state index contributed by atoms with van der Waals surface area (Å²) in [6.45, 7) is 14.8. The number of nitrogens with zero attached hydrogens (tertiary/aromatic N) is 2. The second-order valence-corrected chi connectivity index (χ2v) is 12.6. The molecule has 0 atom stereocenters. The van der Waals surface area contributed by atoms with Crippen LogP contribution in [-0.4, -0.2) is 16.6 Å². The zero-order valence-electron chi connectivity index (χ0n) is 21.8. The van der Waals surface area contributed by atoms with Gasteiger partial charge in [0.2, 0.25) is 0 Å². The molecule has 0 saturated carbocycles. The fourth-order valence-corrected chi connectivity index (χ4v) is 6.00. The molecule has 1 aromatic heterocycles. The van der Waals surface area contributed by atoms with Crippen molar-refractivity contribution in [3.8, 4) is 11.5 Å². The maximum atomic E-state index is 10.1. The number of phenolic OH excluding ortho intramolecular Hbond substituents is 1. The van der Waals surface area contributed by atoms with Crippen molar-refractivity contribution < 1.29 is 27.8 Å². The Labute approximate surface area is 228 Å². The van der Waals surface area contributed by atoms with Gasteiger partial charge >= 0.3 is 109 Å². The average Bonchev–Trinajstić information content (AvgIpc) is 3.35. The van der Waals surface area contributed by atoms with Gasteiger partial charge in [0, 0.05) is 11.1 Å². The number of methoxy groups -OCH3 is 1. The number of ether oxygens (including phenoxy) is 1. The molecule has 0 bridgehead atoms. The SMILES string of the molecule is CC(C)(C)[CH]=[W]=[N]c1c(Cl)cccc1Cl.COc1cc(C(C)C)c(O)c(C(C)C)c1.c1cc[n-]c1. The van der Waals surface area contributed by atoms with Crippen molar-refractivity contribution in [2.75, 3.05) is 7.11 Å². The van der Waals surface area contributed by atoms with Crippen LogP contribution in [-0.2, 0) is 17.9 Å². The molecule has 7 heteroatoms. The van der Waals surface area contributed by atoms with Crippen LogP contribution < -0.4 is 9.72 Å². The molecule has 192 valence electrons. The fraction of sp³-hybridized carbons (Fsp3) is 0.393. The van der Waals surface area contributed by atoms with Gasteiger partial charge in [-0.2, -0.15) is 12.4 Å². The van der Waals surface area contributed by atoms with Gasteiger partial charge in [0.05, 0.1) is 7.11 Å². The van der Waals surface area contributed by atoms with Crippen molar-refractivity contribution in [3.05, 3.63) is 76.0 Å². The van der Waals surface area contributed by atoms with Crippen molar-refractivity contribution in [2.45, 2.75) is 60.3 Å². The van der Waals surface area contributed by atoms with Gasteiger partial charge in [0.25, 0.3) is 0 Å². The first kappa shape index (κ1) is 31.3. The summed E-state index contributed by atoms with van der Waals surface area (Å²) in [5.74, 6) is 1.84. The molecule has 3 aromatic rings. The Balaban J connectivity index is 0.000000292. The predicted octanol–water partition coefficient (Wildman–Crippen LogP) is 9.03. The number of hydrogen-bond donors (Lipinski definition) is 1. The molecule has 0 unspecified atom stereocenters. The molecule has 1 heterocycles. The van der Waals surface area contributed by atoms with E-state index in [2.05, 4.69) is 61.3 Å². The Morgan fingerprint density at radius 1 is 0.943 bits per heavy atom. The minimum atomic E-state index is -0.850. The van der Waals surface area contributed by atoms with E-state index in [1.165, 1.54) is 0 Å². The average molecular weight is 688 g/mol. The molecule has 0 amide bonds. The van der Waals surface area contributed by atoms with Crippen molar-refractivity contribution in [1.82, 2.24) is 4.98 Å². The minimum Gasteiger partial charge on any atom is -0.670 e. The largest absolute Gasteiger partial charge is 0.670 e. The van der Waals surface area contributed by atoms with E-state index in [-0.39, 0.29) is 5.41 Å². The zero-order valence-corrected chi connectivity index (χ0v) is 26.3. The second-order valence-electron chi connectivity index (χ2n) is 9.55. The summed E-state index contributed by atoms with van der Waals surface area (Å²) in [5, 5.41) is 11.4. The monoisotopic (exact) mass is 687 g/mol. The molecular weight excluding hydrogens is 651 g/mol. The van der Waals surface area contributed by atoms with E-state index in [1.807, 2.05) is 42.5 Å². The van der Waals surface area contributed by atoms with Crippen molar-refractivity contribution >= 4 is 33.3 Å². The van der Waals surface area contributed by atoms with Crippen LogP contribution in [0.1, 0.15) is 71.4 Å². The normalized spacial score (nSPS) is 10.6. The van der Waals surface area contributed by atoms with Crippen LogP contribution >= 0.6 is 23.2 Å². The maximum absolute atomic E-state index is 10.1. The third-order valence-corrected chi connectivity index (χ3v) is 9.13. The first-order chi connectivity index (χ1) is 16.4. The maximum Gasteiger partial charge on any atom is 0.122 e. The summed E-state index contributed by atoms with van der Waals surface area (Å²) in [6.07, 6.45) is 3.50. The van der Waals surface area contributed by atoms with Crippen LogP contribution in [0.3, 0.4) is 0 Å². The fourth-order valence-electron chi connectivity index (χ4n) is 2.71. The molecule has 0 saturated heterocycles. The van der Waals surface area contributed by atoms with Gasteiger partial charge < -0.3 is 14.8 Å². The summed E-state index contributed by atoms with van der Waals surface area (Å²) in [4.78, 5) is 3.72. The second kappa shape index (κ2) is 15.4. The standard InChI is InChI=1S/C13H20O2.C6H3Cl2N.C5H10.C4H4N.W/c1-8(2)11-6-10(15-5)7-12(9(3)4)13(11)14;7-4-2-1-3-5(8)6(4)9;1-5(2,3)4;1-2-4-5-3-1;/h6-9,14H,1-5H3;1-3H;1H,2-4H3;1-4H;/q;;;-1;. The van der Waals surface area contributed by atoms with Crippen LogP contribution in [0, 0.1) is 5.41 Å². The molecule has 4 nitrogen and oxygen atoms in total. The van der Waals surface area contributed by atoms with E-state index in [1.54, 1.807) is 19.5 Å². The van der Waals surface area contributed by atoms with Crippen molar-refractivity contribution in [3.63, 3.8) is 0 Å². The quantitative estimate of drug-likeness (QED) is 0.298. The summed E-state index contributed by atoms with van der Waals surface area (Å²) < 4.78 is 12.1. The van der Waals surface area contributed by atoms with E-state index in [9.17, 15) is 5.11 Å². The molecule has 3 rings (SSSR count). The summed E-state index contributed by atoms with van der Waals surface area (Å²) in [6, 6.07) is 13.1. The van der Waals surface area contributed by atoms with E-state index < -0.39 is 17.9 Å². The van der Waals surface area contributed by atoms with E-state index in [0.29, 0.717) is 27.6 Å². The zero-order chi connectivity index (χ0) is 26.6. The first-order valence-electron chi connectivity index (χ1n) is 11.4. The van der Waals surface area contributed by atoms with Gasteiger partial charge in [-0.25, -0.2) is 0 Å². The number of benzene rings is 2. The Morgan fingerprint density at radius 2 is 1.43 bits per heavy atom. The number of rotatable bonds is 4. The Hall–Kier alpha value is -1.74. The van der Waals surface area contributed by atoms with Crippen LogP contribution in [0.15, 0.2) is 58.4 Å². The third-order valence-electron chi connectivity index (χ3n) is 4.57. The molecule has 2 aromatic carbocycles. The van der Waals surface area contributed by atoms with Crippen LogP contribution in [0.5, 0.6) is 11.5 Å². The molecule has 0 radical (unpaired) electrons. The topological polar surface area (TPSA) is 55.9 Å². The Kier molecular flexibility index (Phi) is 13.8. The van der Waals surface area contributed by atoms with Gasteiger partial charge in [-0.05, 0) is 24.0 Å². The van der Waals surface area contributed by atoms with Crippen LogP contribution in [0.4, 0.5) is 5.69 Å². The molecule has 1 N–H and O–H groups in total. The molecule has 0 aliphatic rings. The number of hydrogen-bond acceptors (Lipinski definition) is 3. The number of halogens is 2. The summed E-state index contributed by atoms with van der Waals surface area (Å²) in [5.41, 5.74) is 2.91. The number of aromatic nitrogens is 1. The first-order valence-corrected chi connectivity index (χ1v) is 15.2. The van der Waals surface area contributed by atoms with Crippen molar-refractivity contribution in [2.24, 2.45) is 8.91 Å². The van der Waals surface area contributed by atoms with E-state index >= 15 is 0 Å². The Morgan fingerprint density at radius 3 is 1.77 bits per heavy atom. The molecular formula is C28H37Cl2N2O2W-. The van der Waals surface area contributed by atoms with Crippen LogP contribution in [0.2, 0.25) is 10.0 Å². The van der Waals surface area contributed by atoms with E-state index in [4.69, 9.17) is 27.9 Å². The van der Waals surface area contributed by atoms with Gasteiger partial charge in [-0.3, -0.25) is 0 Å². The molecule has 0 fully saturated rings. The van der Waals surface area contributed by atoms with Crippen molar-refractivity contribution in [1.29, 1.82) is 0 Å². The minimum absolute atomic E-state index is 0.238. The van der Waals surface area contributed by atoms with Crippen LogP contribution in [0.25, 0.3) is 0 Å². The number of aromatic hydroxyl groups is 1. The smallest absolute Gasteiger partial charge is 0.122 e. The summed E-state index contributed by atoms with van der Waals surface area (Å²) in [7, 11) is 1.65.